The zero-order valence-electron chi connectivity index (χ0n) is 31.2. The van der Waals surface area contributed by atoms with Gasteiger partial charge in [0.1, 0.15) is 0 Å². The first-order valence-electron chi connectivity index (χ1n) is 19.6. The van der Waals surface area contributed by atoms with E-state index < -0.39 is 0 Å². The number of rotatable bonds is 3. The number of thiophene rings is 1. The van der Waals surface area contributed by atoms with Gasteiger partial charge >= 0.3 is 0 Å². The van der Waals surface area contributed by atoms with Gasteiger partial charge in [0.2, 0.25) is 0 Å². The summed E-state index contributed by atoms with van der Waals surface area (Å²) >= 11 is 1.94. The van der Waals surface area contributed by atoms with E-state index >= 15 is 0 Å². The SMILES string of the molecule is CC1(C)c2ccccc2-c2c1c(-c1ccc(-c3c4ccccc4c(-c4ccc5ccccc5c4)c4ccccc34)cc1)cc1sc3c4ccccc4ccc3c21. The summed E-state index contributed by atoms with van der Waals surface area (Å²) in [5.41, 5.74) is 13.1. The van der Waals surface area contributed by atoms with Crippen molar-refractivity contribution in [2.75, 3.05) is 0 Å². The van der Waals surface area contributed by atoms with Gasteiger partial charge in [-0.1, -0.05) is 184 Å². The summed E-state index contributed by atoms with van der Waals surface area (Å²) in [6, 6.07) is 68.1. The van der Waals surface area contributed by atoms with Crippen molar-refractivity contribution in [3.8, 4) is 44.5 Å². The molecule has 0 saturated heterocycles. The van der Waals surface area contributed by atoms with Gasteiger partial charge in [-0.15, -0.1) is 11.3 Å². The molecule has 1 heterocycles. The van der Waals surface area contributed by atoms with Gasteiger partial charge in [0.25, 0.3) is 0 Å². The van der Waals surface area contributed by atoms with E-state index in [2.05, 4.69) is 196 Å². The van der Waals surface area contributed by atoms with Crippen LogP contribution in [-0.2, 0) is 5.41 Å². The summed E-state index contributed by atoms with van der Waals surface area (Å²) in [6.45, 7) is 4.83. The molecule has 56 heavy (non-hydrogen) atoms. The van der Waals surface area contributed by atoms with E-state index in [0.29, 0.717) is 0 Å². The van der Waals surface area contributed by atoms with Crippen molar-refractivity contribution >= 4 is 74.6 Å². The van der Waals surface area contributed by atoms with Crippen molar-refractivity contribution in [2.45, 2.75) is 19.3 Å². The van der Waals surface area contributed by atoms with E-state index in [1.54, 1.807) is 0 Å². The Morgan fingerprint density at radius 1 is 0.375 bits per heavy atom. The van der Waals surface area contributed by atoms with E-state index in [4.69, 9.17) is 0 Å². The van der Waals surface area contributed by atoms with Gasteiger partial charge in [-0.3, -0.25) is 0 Å². The minimum absolute atomic E-state index is 0.149. The molecule has 1 aliphatic rings. The van der Waals surface area contributed by atoms with Crippen molar-refractivity contribution in [1.29, 1.82) is 0 Å². The molecule has 10 aromatic carbocycles. The van der Waals surface area contributed by atoms with Gasteiger partial charge in [0.05, 0.1) is 0 Å². The number of benzene rings is 10. The molecule has 0 nitrogen and oxygen atoms in total. The Balaban J connectivity index is 1.08. The van der Waals surface area contributed by atoms with E-state index in [9.17, 15) is 0 Å². The molecular formula is C55H36S. The lowest BCUT2D eigenvalue weighted by molar-refractivity contribution is 0.662. The molecule has 0 aliphatic heterocycles. The first kappa shape index (κ1) is 31.8. The number of hydrogen-bond donors (Lipinski definition) is 0. The van der Waals surface area contributed by atoms with E-state index in [-0.39, 0.29) is 5.41 Å². The van der Waals surface area contributed by atoms with Crippen molar-refractivity contribution in [3.63, 3.8) is 0 Å². The topological polar surface area (TPSA) is 0 Å². The molecule has 0 spiro atoms. The summed E-state index contributed by atoms with van der Waals surface area (Å²) in [5, 5.41) is 13.0. The second-order valence-electron chi connectivity index (χ2n) is 16.0. The van der Waals surface area contributed by atoms with E-state index in [1.807, 2.05) is 11.3 Å². The Hall–Kier alpha value is -6.54. The Morgan fingerprint density at radius 3 is 1.62 bits per heavy atom. The third-order valence-corrected chi connectivity index (χ3v) is 13.8. The van der Waals surface area contributed by atoms with Crippen LogP contribution in [0.15, 0.2) is 182 Å². The lowest BCUT2D eigenvalue weighted by Crippen LogP contribution is -2.16. The molecular weight excluding hydrogens is 693 g/mol. The van der Waals surface area contributed by atoms with Crippen molar-refractivity contribution < 1.29 is 0 Å². The Bertz CT molecular complexity index is 3370. The summed E-state index contributed by atoms with van der Waals surface area (Å²) in [7, 11) is 0. The van der Waals surface area contributed by atoms with Crippen molar-refractivity contribution in [3.05, 3.63) is 193 Å². The Kier molecular flexibility index (Phi) is 6.66. The van der Waals surface area contributed by atoms with Gasteiger partial charge in [-0.25, -0.2) is 0 Å². The predicted molar refractivity (Wildman–Crippen MR) is 243 cm³/mol. The molecule has 0 unspecified atom stereocenters. The van der Waals surface area contributed by atoms with Gasteiger partial charge in [-0.05, 0) is 111 Å². The smallest absolute Gasteiger partial charge is 0.0434 e. The molecule has 11 aromatic rings. The summed E-state index contributed by atoms with van der Waals surface area (Å²) in [4.78, 5) is 0. The quantitative estimate of drug-likeness (QED) is 0.159. The monoisotopic (exact) mass is 728 g/mol. The Morgan fingerprint density at radius 2 is 0.911 bits per heavy atom. The number of hydrogen-bond acceptors (Lipinski definition) is 1. The largest absolute Gasteiger partial charge is 0.134 e. The molecule has 1 heteroatoms. The van der Waals surface area contributed by atoms with Crippen LogP contribution >= 0.6 is 11.3 Å². The van der Waals surface area contributed by atoms with Crippen LogP contribution in [-0.4, -0.2) is 0 Å². The molecule has 0 saturated carbocycles. The van der Waals surface area contributed by atoms with Crippen molar-refractivity contribution in [1.82, 2.24) is 0 Å². The molecule has 0 amide bonds. The molecule has 0 N–H and O–H groups in total. The average Bonchev–Trinajstić information content (AvgIpc) is 3.74. The average molecular weight is 729 g/mol. The lowest BCUT2D eigenvalue weighted by atomic mass is 9.78. The fourth-order valence-electron chi connectivity index (χ4n) is 10.1. The van der Waals surface area contributed by atoms with Gasteiger partial charge in [0.15, 0.2) is 0 Å². The second kappa shape index (κ2) is 11.7. The van der Waals surface area contributed by atoms with E-state index in [0.717, 1.165) is 0 Å². The molecule has 0 radical (unpaired) electrons. The molecule has 12 rings (SSSR count). The number of fused-ring (bicyclic) bond motifs is 12. The summed E-state index contributed by atoms with van der Waals surface area (Å²) in [5.74, 6) is 0. The maximum absolute atomic E-state index is 2.50. The van der Waals surface area contributed by atoms with Crippen LogP contribution in [0.5, 0.6) is 0 Å². The normalized spacial score (nSPS) is 13.3. The standard InChI is InChI=1S/C55H36S/c1-55(2)47-22-12-11-21-44(47)52-51-45-30-29-34-14-5-6-16-39(34)54(45)56-48(51)32-46(53(52)55)35-24-26-36(27-25-35)49-40-17-7-9-19-42(40)50(43-20-10-8-18-41(43)49)38-28-23-33-13-3-4-15-37(33)31-38/h3-32H,1-2H3. The molecule has 0 fully saturated rings. The highest BCUT2D eigenvalue weighted by atomic mass is 32.1. The van der Waals surface area contributed by atoms with Crippen LogP contribution < -0.4 is 0 Å². The molecule has 262 valence electrons. The lowest BCUT2D eigenvalue weighted by Gasteiger charge is -2.25. The molecule has 1 aliphatic carbocycles. The zero-order chi connectivity index (χ0) is 37.1. The fourth-order valence-corrected chi connectivity index (χ4v) is 11.4. The minimum atomic E-state index is -0.149. The summed E-state index contributed by atoms with van der Waals surface area (Å²) in [6.07, 6.45) is 0. The third kappa shape index (κ3) is 4.41. The maximum Gasteiger partial charge on any atom is 0.0434 e. The van der Waals surface area contributed by atoms with E-state index in [1.165, 1.54) is 119 Å². The van der Waals surface area contributed by atoms with Gasteiger partial charge < -0.3 is 0 Å². The molecule has 0 bridgehead atoms. The highest BCUT2D eigenvalue weighted by molar-refractivity contribution is 7.26. The van der Waals surface area contributed by atoms with Crippen LogP contribution in [0.4, 0.5) is 0 Å². The van der Waals surface area contributed by atoms with Crippen LogP contribution in [0.3, 0.4) is 0 Å². The summed E-state index contributed by atoms with van der Waals surface area (Å²) < 4.78 is 2.73. The maximum atomic E-state index is 2.50. The van der Waals surface area contributed by atoms with Crippen LogP contribution in [0.2, 0.25) is 0 Å². The van der Waals surface area contributed by atoms with Gasteiger partial charge in [0, 0.05) is 25.6 Å². The fraction of sp³-hybridized carbons (Fsp3) is 0.0545. The minimum Gasteiger partial charge on any atom is -0.134 e. The first-order valence-corrected chi connectivity index (χ1v) is 20.4. The highest BCUT2D eigenvalue weighted by Gasteiger charge is 2.39. The van der Waals surface area contributed by atoms with Gasteiger partial charge in [-0.2, -0.15) is 0 Å². The molecule has 1 aromatic heterocycles. The van der Waals surface area contributed by atoms with Crippen molar-refractivity contribution in [2.24, 2.45) is 0 Å². The zero-order valence-corrected chi connectivity index (χ0v) is 32.0. The van der Waals surface area contributed by atoms with Crippen LogP contribution in [0, 0.1) is 0 Å². The second-order valence-corrected chi connectivity index (χ2v) is 17.0. The Labute approximate surface area is 329 Å². The highest BCUT2D eigenvalue weighted by Crippen LogP contribution is 2.57. The predicted octanol–water partition coefficient (Wildman–Crippen LogP) is 16.0. The van der Waals surface area contributed by atoms with Crippen LogP contribution in [0.25, 0.3) is 108 Å². The molecule has 0 atom stereocenters. The van der Waals surface area contributed by atoms with Crippen LogP contribution in [0.1, 0.15) is 25.0 Å². The first-order chi connectivity index (χ1) is 27.5. The third-order valence-electron chi connectivity index (χ3n) is 12.6.